The van der Waals surface area contributed by atoms with Gasteiger partial charge < -0.3 is 14.2 Å². The molecule has 4 rings (SSSR count). The van der Waals surface area contributed by atoms with Gasteiger partial charge in [-0.1, -0.05) is 24.3 Å². The number of Topliss-reactive ketones (excluding diaryl/α,β-unsaturated/α-hetero) is 1. The van der Waals surface area contributed by atoms with E-state index in [2.05, 4.69) is 22.8 Å². The molecule has 0 N–H and O–H groups in total. The number of methoxy groups -OCH3 is 1. The first-order chi connectivity index (χ1) is 15.7. The molecule has 0 atom stereocenters. The first-order valence-corrected chi connectivity index (χ1v) is 10.9. The second kappa shape index (κ2) is 8.58. The lowest BCUT2D eigenvalue weighted by Gasteiger charge is -2.22. The van der Waals surface area contributed by atoms with Crippen molar-refractivity contribution in [3.05, 3.63) is 99.6 Å². The number of benzene rings is 2. The Labute approximate surface area is 194 Å². The van der Waals surface area contributed by atoms with E-state index in [9.17, 15) is 9.59 Å². The summed E-state index contributed by atoms with van der Waals surface area (Å²) in [5, 5.41) is 0. The number of nitrogens with zero attached hydrogens (tertiary/aromatic N) is 2. The Morgan fingerprint density at radius 3 is 2.21 bits per heavy atom. The first kappa shape index (κ1) is 22.3. The maximum atomic E-state index is 13.5. The second-order valence-corrected chi connectivity index (χ2v) is 8.41. The Bertz CT molecular complexity index is 1330. The zero-order valence-corrected chi connectivity index (χ0v) is 19.9. The average molecular weight is 441 g/mol. The van der Waals surface area contributed by atoms with E-state index in [0.29, 0.717) is 11.4 Å². The zero-order chi connectivity index (χ0) is 23.9. The highest BCUT2D eigenvalue weighted by atomic mass is 16.5. The Balaban J connectivity index is 1.89. The van der Waals surface area contributed by atoms with Gasteiger partial charge in [0.25, 0.3) is 0 Å². The number of anilines is 1. The molecule has 0 spiro atoms. The van der Waals surface area contributed by atoms with Crippen LogP contribution in [-0.4, -0.2) is 23.4 Å². The molecule has 2 aromatic carbocycles. The minimum absolute atomic E-state index is 0.0684. The van der Waals surface area contributed by atoms with Crippen LogP contribution in [0, 0.1) is 27.7 Å². The highest BCUT2D eigenvalue weighted by Crippen LogP contribution is 2.37. The van der Waals surface area contributed by atoms with Gasteiger partial charge in [0.2, 0.25) is 5.78 Å². The summed E-state index contributed by atoms with van der Waals surface area (Å²) in [5.41, 5.74) is 8.25. The van der Waals surface area contributed by atoms with E-state index < -0.39 is 5.97 Å². The number of ether oxygens (including phenoxy) is 1. The summed E-state index contributed by atoms with van der Waals surface area (Å²) in [6, 6.07) is 18.2. The minimum atomic E-state index is -0.621. The summed E-state index contributed by atoms with van der Waals surface area (Å²) in [4.78, 5) is 27.8. The summed E-state index contributed by atoms with van der Waals surface area (Å²) in [6.07, 6.45) is 1.87. The van der Waals surface area contributed by atoms with Crippen LogP contribution in [0.25, 0.3) is 11.8 Å². The van der Waals surface area contributed by atoms with Gasteiger partial charge in [-0.3, -0.25) is 4.79 Å². The van der Waals surface area contributed by atoms with E-state index in [1.165, 1.54) is 7.11 Å². The molecular weight excluding hydrogens is 412 g/mol. The predicted molar refractivity (Wildman–Crippen MR) is 131 cm³/mol. The first-order valence-electron chi connectivity index (χ1n) is 10.9. The van der Waals surface area contributed by atoms with Crippen molar-refractivity contribution in [2.75, 3.05) is 12.0 Å². The molecule has 0 saturated heterocycles. The molecule has 2 heterocycles. The molecule has 1 aromatic heterocycles. The van der Waals surface area contributed by atoms with Crippen LogP contribution < -0.4 is 4.90 Å². The Morgan fingerprint density at radius 2 is 1.58 bits per heavy atom. The van der Waals surface area contributed by atoms with Crippen LogP contribution in [0.5, 0.6) is 0 Å². The minimum Gasteiger partial charge on any atom is -0.465 e. The Hall–Kier alpha value is -3.86. The number of carbonyl (C=O) groups excluding carboxylic acids is 2. The number of aryl methyl sites for hydroxylation is 3. The fraction of sp³-hybridized carbons (Fsp3) is 0.214. The van der Waals surface area contributed by atoms with Gasteiger partial charge in [-0.15, -0.1) is 0 Å². The van der Waals surface area contributed by atoms with Crippen LogP contribution in [0.2, 0.25) is 0 Å². The summed E-state index contributed by atoms with van der Waals surface area (Å²) in [6.45, 7) is 9.95. The summed E-state index contributed by atoms with van der Waals surface area (Å²) < 4.78 is 7.09. The number of carbonyl (C=O) groups is 2. The van der Waals surface area contributed by atoms with Crippen LogP contribution in [-0.2, 0) is 14.3 Å². The molecule has 5 nitrogen and oxygen atoms in total. The zero-order valence-electron chi connectivity index (χ0n) is 19.9. The molecule has 0 amide bonds. The quantitative estimate of drug-likeness (QED) is 0.302. The third-order valence-corrected chi connectivity index (χ3v) is 6.31. The number of aromatic nitrogens is 1. The molecule has 0 aliphatic carbocycles. The van der Waals surface area contributed by atoms with Gasteiger partial charge in [-0.2, -0.15) is 0 Å². The summed E-state index contributed by atoms with van der Waals surface area (Å²) in [5.74, 6) is -0.952. The number of para-hydroxylation sites is 1. The smallest absolute Gasteiger partial charge is 0.343 e. The van der Waals surface area contributed by atoms with E-state index in [1.54, 1.807) is 6.92 Å². The number of ketones is 1. The van der Waals surface area contributed by atoms with Crippen molar-refractivity contribution in [3.8, 4) is 5.69 Å². The molecule has 0 radical (unpaired) electrons. The summed E-state index contributed by atoms with van der Waals surface area (Å²) in [7, 11) is 1.30. The molecule has 5 heteroatoms. The van der Waals surface area contributed by atoms with Crippen LogP contribution >= 0.6 is 0 Å². The van der Waals surface area contributed by atoms with Crippen LogP contribution in [0.1, 0.15) is 35.0 Å². The van der Waals surface area contributed by atoms with Gasteiger partial charge >= 0.3 is 5.97 Å². The molecule has 0 saturated carbocycles. The fourth-order valence-corrected chi connectivity index (χ4v) is 4.41. The third kappa shape index (κ3) is 3.80. The van der Waals surface area contributed by atoms with Gasteiger partial charge in [-0.05, 0) is 87.7 Å². The molecule has 33 heavy (non-hydrogen) atoms. The highest BCUT2D eigenvalue weighted by molar-refractivity contribution is 6.30. The molecule has 0 bridgehead atoms. The van der Waals surface area contributed by atoms with E-state index in [-0.39, 0.29) is 11.4 Å². The van der Waals surface area contributed by atoms with Crippen molar-refractivity contribution in [1.29, 1.82) is 0 Å². The Kier molecular flexibility index (Phi) is 5.81. The van der Waals surface area contributed by atoms with Crippen LogP contribution in [0.4, 0.5) is 5.69 Å². The van der Waals surface area contributed by atoms with Crippen molar-refractivity contribution in [2.24, 2.45) is 0 Å². The number of rotatable bonds is 4. The van der Waals surface area contributed by atoms with Crippen molar-refractivity contribution in [2.45, 2.75) is 34.6 Å². The van der Waals surface area contributed by atoms with E-state index >= 15 is 0 Å². The highest BCUT2D eigenvalue weighted by Gasteiger charge is 2.38. The fourth-order valence-electron chi connectivity index (χ4n) is 4.41. The molecule has 168 valence electrons. The second-order valence-electron chi connectivity index (χ2n) is 8.41. The molecule has 1 aliphatic rings. The van der Waals surface area contributed by atoms with Gasteiger partial charge in [0, 0.05) is 28.5 Å². The number of hydrogen-bond donors (Lipinski definition) is 0. The number of hydrogen-bond acceptors (Lipinski definition) is 4. The average Bonchev–Trinajstić information content (AvgIpc) is 3.21. The number of esters is 1. The molecule has 3 aromatic rings. The van der Waals surface area contributed by atoms with E-state index in [1.807, 2.05) is 75.1 Å². The van der Waals surface area contributed by atoms with Crippen LogP contribution in [0.15, 0.2) is 71.6 Å². The molecule has 0 fully saturated rings. The van der Waals surface area contributed by atoms with E-state index in [0.717, 1.165) is 39.5 Å². The maximum absolute atomic E-state index is 13.5. The van der Waals surface area contributed by atoms with Crippen molar-refractivity contribution in [3.63, 3.8) is 0 Å². The summed E-state index contributed by atoms with van der Waals surface area (Å²) >= 11 is 0. The largest absolute Gasteiger partial charge is 0.465 e. The molecular formula is C28H28N2O3. The van der Waals surface area contributed by atoms with Gasteiger partial charge in [-0.25, -0.2) is 4.79 Å². The van der Waals surface area contributed by atoms with E-state index in [4.69, 9.17) is 4.74 Å². The molecule has 1 aliphatic heterocycles. The van der Waals surface area contributed by atoms with Crippen LogP contribution in [0.3, 0.4) is 0 Å². The normalized spacial score (nSPS) is 15.0. The van der Waals surface area contributed by atoms with Crippen molar-refractivity contribution >= 4 is 23.5 Å². The number of allylic oxidation sites excluding steroid dienone is 2. The SMILES string of the molecule is COC(=O)C1=C(C)N(c2ccc(C)c(C)c2)/C(=C\c2cc(C)n(-c3ccccc3)c2C)C1=O. The predicted octanol–water partition coefficient (Wildman–Crippen LogP) is 5.59. The monoisotopic (exact) mass is 440 g/mol. The Morgan fingerprint density at radius 1 is 0.879 bits per heavy atom. The van der Waals surface area contributed by atoms with Crippen molar-refractivity contribution < 1.29 is 14.3 Å². The van der Waals surface area contributed by atoms with Gasteiger partial charge in [0.15, 0.2) is 0 Å². The van der Waals surface area contributed by atoms with Gasteiger partial charge in [0.1, 0.15) is 5.57 Å². The lowest BCUT2D eigenvalue weighted by Crippen LogP contribution is -2.18. The standard InChI is InChI=1S/C28H28N2O3/c1-17-12-13-24(14-18(17)2)30-21(5)26(28(32)33-6)27(31)25(30)16-22-15-19(3)29(20(22)4)23-10-8-7-9-11-23/h7-16H,1-6H3/b25-16-. The maximum Gasteiger partial charge on any atom is 0.343 e. The topological polar surface area (TPSA) is 51.5 Å². The lowest BCUT2D eigenvalue weighted by molar-refractivity contribution is -0.137. The lowest BCUT2D eigenvalue weighted by atomic mass is 10.1. The van der Waals surface area contributed by atoms with Gasteiger partial charge in [0.05, 0.1) is 12.8 Å². The van der Waals surface area contributed by atoms with Crippen molar-refractivity contribution in [1.82, 2.24) is 4.57 Å². The molecule has 0 unspecified atom stereocenters. The third-order valence-electron chi connectivity index (χ3n) is 6.31.